The number of hydrogen-bond acceptors (Lipinski definition) is 6. The summed E-state index contributed by atoms with van der Waals surface area (Å²) in [6.45, 7) is 0. The third-order valence-electron chi connectivity index (χ3n) is 1.83. The van der Waals surface area contributed by atoms with Crippen molar-refractivity contribution in [2.45, 2.75) is 0 Å². The first-order valence-corrected chi connectivity index (χ1v) is 5.52. The van der Waals surface area contributed by atoms with Crippen molar-refractivity contribution >= 4 is 28.4 Å². The molecule has 0 aliphatic carbocycles. The zero-order valence-corrected chi connectivity index (χ0v) is 9.42. The molecule has 0 fully saturated rings. The molecule has 0 saturated heterocycles. The van der Waals surface area contributed by atoms with Crippen LogP contribution in [0.4, 0.5) is 10.8 Å². The predicted molar refractivity (Wildman–Crippen MR) is 66.4 cm³/mol. The summed E-state index contributed by atoms with van der Waals surface area (Å²) in [5, 5.41) is 14.5. The fraction of sp³-hybridized carbons (Fsp3) is 0. The highest BCUT2D eigenvalue weighted by molar-refractivity contribution is 7.16. The Balaban J connectivity index is 1.98. The summed E-state index contributed by atoms with van der Waals surface area (Å²) in [7, 11) is 0. The highest BCUT2D eigenvalue weighted by Gasteiger charge is 2.07. The lowest BCUT2D eigenvalue weighted by Gasteiger charge is -1.95. The lowest BCUT2D eigenvalue weighted by atomic mass is 10.5. The Morgan fingerprint density at radius 3 is 2.94 bits per heavy atom. The van der Waals surface area contributed by atoms with Crippen molar-refractivity contribution in [1.29, 1.82) is 0 Å². The summed E-state index contributed by atoms with van der Waals surface area (Å²) >= 11 is 1.07. The molecule has 0 saturated carbocycles. The monoisotopic (exact) mass is 248 g/mol. The molecule has 2 aromatic rings. The number of nitrogens with zero attached hydrogens (tertiary/aromatic N) is 3. The second kappa shape index (κ2) is 5.17. The predicted octanol–water partition coefficient (Wildman–Crippen LogP) is 2.50. The second-order valence-corrected chi connectivity index (χ2v) is 4.11. The zero-order chi connectivity index (χ0) is 12.1. The molecule has 86 valence electrons. The molecule has 0 unspecified atom stereocenters. The minimum Gasteiger partial charge on any atom is -0.261 e. The van der Waals surface area contributed by atoms with E-state index in [-0.39, 0.29) is 5.00 Å². The molecule has 0 radical (unpaired) electrons. The van der Waals surface area contributed by atoms with Crippen LogP contribution in [-0.4, -0.2) is 16.1 Å². The van der Waals surface area contributed by atoms with E-state index in [9.17, 15) is 10.1 Å². The average molecular weight is 248 g/mol. The quantitative estimate of drug-likeness (QED) is 0.512. The normalized spacial score (nSPS) is 10.6. The fourth-order valence-corrected chi connectivity index (χ4v) is 1.79. The highest BCUT2D eigenvalue weighted by atomic mass is 32.1. The number of nitrogens with one attached hydrogen (secondary N) is 1. The molecule has 6 nitrogen and oxygen atoms in total. The Bertz CT molecular complexity index is 538. The van der Waals surface area contributed by atoms with Crippen LogP contribution in [0.3, 0.4) is 0 Å². The SMILES string of the molecule is O=[N+]([O-])c1ccc(C=NNc2ccccn2)s1. The van der Waals surface area contributed by atoms with E-state index in [4.69, 9.17) is 0 Å². The van der Waals surface area contributed by atoms with Gasteiger partial charge >= 0.3 is 5.00 Å². The van der Waals surface area contributed by atoms with Crippen molar-refractivity contribution in [3.8, 4) is 0 Å². The number of anilines is 1. The van der Waals surface area contributed by atoms with Gasteiger partial charge in [0.15, 0.2) is 0 Å². The molecule has 2 heterocycles. The molecule has 2 aromatic heterocycles. The van der Waals surface area contributed by atoms with Crippen molar-refractivity contribution in [3.05, 3.63) is 51.5 Å². The van der Waals surface area contributed by atoms with Crippen molar-refractivity contribution in [2.75, 3.05) is 5.43 Å². The van der Waals surface area contributed by atoms with E-state index in [1.807, 2.05) is 6.07 Å². The van der Waals surface area contributed by atoms with Gasteiger partial charge in [-0.25, -0.2) is 4.98 Å². The Labute approximate surface area is 101 Å². The van der Waals surface area contributed by atoms with Crippen LogP contribution in [-0.2, 0) is 0 Å². The Hall–Kier alpha value is -2.28. The third-order valence-corrected chi connectivity index (χ3v) is 2.80. The Morgan fingerprint density at radius 1 is 1.41 bits per heavy atom. The summed E-state index contributed by atoms with van der Waals surface area (Å²) in [6.07, 6.45) is 3.17. The molecular weight excluding hydrogens is 240 g/mol. The van der Waals surface area contributed by atoms with Crippen LogP contribution in [0.5, 0.6) is 0 Å². The minimum atomic E-state index is -0.422. The van der Waals surface area contributed by atoms with E-state index in [1.165, 1.54) is 12.3 Å². The summed E-state index contributed by atoms with van der Waals surface area (Å²) in [6, 6.07) is 8.51. The molecule has 0 aliphatic heterocycles. The molecule has 7 heteroatoms. The van der Waals surface area contributed by atoms with E-state index in [2.05, 4.69) is 15.5 Å². The highest BCUT2D eigenvalue weighted by Crippen LogP contribution is 2.22. The molecule has 0 aromatic carbocycles. The molecule has 17 heavy (non-hydrogen) atoms. The first-order chi connectivity index (χ1) is 8.25. The van der Waals surface area contributed by atoms with Crippen molar-refractivity contribution in [2.24, 2.45) is 5.10 Å². The van der Waals surface area contributed by atoms with E-state index in [1.54, 1.807) is 24.4 Å². The number of rotatable bonds is 4. The number of aromatic nitrogens is 1. The van der Waals surface area contributed by atoms with Gasteiger partial charge in [-0.3, -0.25) is 15.5 Å². The molecule has 0 amide bonds. The van der Waals surface area contributed by atoms with Crippen LogP contribution in [0.25, 0.3) is 0 Å². The second-order valence-electron chi connectivity index (χ2n) is 3.02. The smallest absolute Gasteiger partial charge is 0.261 e. The lowest BCUT2D eigenvalue weighted by Crippen LogP contribution is -1.91. The standard InChI is InChI=1S/C10H8N4O2S/c15-14(16)10-5-4-8(17-10)7-12-13-9-3-1-2-6-11-9/h1-7H,(H,11,13). The lowest BCUT2D eigenvalue weighted by molar-refractivity contribution is -0.380. The van der Waals surface area contributed by atoms with Crippen LogP contribution in [0.15, 0.2) is 41.6 Å². The summed E-state index contributed by atoms with van der Waals surface area (Å²) in [4.78, 5) is 14.8. The van der Waals surface area contributed by atoms with Gasteiger partial charge in [0.1, 0.15) is 5.82 Å². The molecular formula is C10H8N4O2S. The number of thiophene rings is 1. The summed E-state index contributed by atoms with van der Waals surface area (Å²) < 4.78 is 0. The number of nitro groups is 1. The molecule has 0 atom stereocenters. The van der Waals surface area contributed by atoms with Crippen LogP contribution < -0.4 is 5.43 Å². The molecule has 2 rings (SSSR count). The number of hydrogen-bond donors (Lipinski definition) is 1. The minimum absolute atomic E-state index is 0.101. The number of pyridine rings is 1. The zero-order valence-electron chi connectivity index (χ0n) is 8.61. The van der Waals surface area contributed by atoms with Gasteiger partial charge in [-0.1, -0.05) is 17.4 Å². The van der Waals surface area contributed by atoms with Gasteiger partial charge in [0.25, 0.3) is 0 Å². The van der Waals surface area contributed by atoms with E-state index in [0.29, 0.717) is 10.7 Å². The largest absolute Gasteiger partial charge is 0.324 e. The molecule has 0 spiro atoms. The van der Waals surface area contributed by atoms with Gasteiger partial charge in [-0.15, -0.1) is 0 Å². The maximum absolute atomic E-state index is 10.5. The first kappa shape index (κ1) is 11.2. The average Bonchev–Trinajstić information content (AvgIpc) is 2.79. The summed E-state index contributed by atoms with van der Waals surface area (Å²) in [5.74, 6) is 0.620. The van der Waals surface area contributed by atoms with Crippen LogP contribution in [0.2, 0.25) is 0 Å². The van der Waals surface area contributed by atoms with Gasteiger partial charge < -0.3 is 0 Å². The number of hydrazone groups is 1. The van der Waals surface area contributed by atoms with Crippen molar-refractivity contribution in [3.63, 3.8) is 0 Å². The summed E-state index contributed by atoms with van der Waals surface area (Å²) in [5.41, 5.74) is 2.73. The van der Waals surface area contributed by atoms with Gasteiger partial charge in [-0.2, -0.15) is 5.10 Å². The van der Waals surface area contributed by atoms with E-state index < -0.39 is 4.92 Å². The Morgan fingerprint density at radius 2 is 2.29 bits per heavy atom. The molecule has 0 bridgehead atoms. The Kier molecular flexibility index (Phi) is 3.41. The van der Waals surface area contributed by atoms with Gasteiger partial charge in [0.2, 0.25) is 0 Å². The maximum Gasteiger partial charge on any atom is 0.324 e. The van der Waals surface area contributed by atoms with Crippen LogP contribution >= 0.6 is 11.3 Å². The topological polar surface area (TPSA) is 80.4 Å². The van der Waals surface area contributed by atoms with Crippen molar-refractivity contribution in [1.82, 2.24) is 4.98 Å². The van der Waals surface area contributed by atoms with E-state index in [0.717, 1.165) is 11.3 Å². The van der Waals surface area contributed by atoms with Gasteiger partial charge in [-0.05, 0) is 18.2 Å². The van der Waals surface area contributed by atoms with Gasteiger partial charge in [0, 0.05) is 12.3 Å². The first-order valence-electron chi connectivity index (χ1n) is 4.70. The van der Waals surface area contributed by atoms with Crippen LogP contribution in [0, 0.1) is 10.1 Å². The maximum atomic E-state index is 10.5. The van der Waals surface area contributed by atoms with Gasteiger partial charge in [0.05, 0.1) is 16.0 Å². The molecule has 1 N–H and O–H groups in total. The molecule has 0 aliphatic rings. The van der Waals surface area contributed by atoms with E-state index >= 15 is 0 Å². The fourth-order valence-electron chi connectivity index (χ4n) is 1.10. The van der Waals surface area contributed by atoms with Crippen molar-refractivity contribution < 1.29 is 4.92 Å². The third kappa shape index (κ3) is 3.08. The van der Waals surface area contributed by atoms with Crippen LogP contribution in [0.1, 0.15) is 4.88 Å².